The zero-order valence-electron chi connectivity index (χ0n) is 14.7. The smallest absolute Gasteiger partial charge is 0.272 e. The average molecular weight is 346 g/mol. The maximum absolute atomic E-state index is 12.7. The lowest BCUT2D eigenvalue weighted by atomic mass is 10.1. The Kier molecular flexibility index (Phi) is 3.76. The third-order valence-electron chi connectivity index (χ3n) is 4.33. The van der Waals surface area contributed by atoms with E-state index in [9.17, 15) is 4.79 Å². The molecule has 0 unspecified atom stereocenters. The van der Waals surface area contributed by atoms with Gasteiger partial charge in [0, 0.05) is 29.2 Å². The van der Waals surface area contributed by atoms with Crippen LogP contribution in [-0.2, 0) is 7.05 Å². The van der Waals surface area contributed by atoms with Crippen molar-refractivity contribution in [1.82, 2.24) is 25.2 Å². The summed E-state index contributed by atoms with van der Waals surface area (Å²) in [6.07, 6.45) is 0. The molecule has 7 heteroatoms. The first-order valence-electron chi connectivity index (χ1n) is 8.25. The van der Waals surface area contributed by atoms with Crippen molar-refractivity contribution in [3.8, 4) is 11.4 Å². The minimum absolute atomic E-state index is 0.188. The molecule has 2 heterocycles. The second kappa shape index (κ2) is 6.11. The first-order chi connectivity index (χ1) is 12.5. The lowest BCUT2D eigenvalue weighted by Crippen LogP contribution is -2.12. The number of fused-ring (bicyclic) bond motifs is 1. The molecule has 0 atom stereocenters. The summed E-state index contributed by atoms with van der Waals surface area (Å²) >= 11 is 0. The molecule has 0 aliphatic rings. The quantitative estimate of drug-likeness (QED) is 0.596. The van der Waals surface area contributed by atoms with E-state index < -0.39 is 0 Å². The van der Waals surface area contributed by atoms with Gasteiger partial charge in [-0.3, -0.25) is 4.79 Å². The van der Waals surface area contributed by atoms with E-state index in [1.807, 2.05) is 50.2 Å². The predicted octanol–water partition coefficient (Wildman–Crippen LogP) is 3.23. The standard InChI is InChI=1S/C19H18N6O/c1-11-7-12(2)15-10-17(21-16(15)8-11)19(26)20-14-6-4-5-13(9-14)18-22-23-24-25(18)3/h4-10,21H,1-3H3,(H,20,26). The van der Waals surface area contributed by atoms with E-state index in [4.69, 9.17) is 0 Å². The van der Waals surface area contributed by atoms with Gasteiger partial charge in [-0.25, -0.2) is 4.68 Å². The highest BCUT2D eigenvalue weighted by molar-refractivity contribution is 6.06. The van der Waals surface area contributed by atoms with Crippen molar-refractivity contribution < 1.29 is 4.79 Å². The molecule has 2 aromatic heterocycles. The van der Waals surface area contributed by atoms with Crippen LogP contribution in [0.5, 0.6) is 0 Å². The van der Waals surface area contributed by atoms with Gasteiger partial charge in [0.1, 0.15) is 5.69 Å². The van der Waals surface area contributed by atoms with E-state index in [2.05, 4.69) is 31.9 Å². The number of anilines is 1. The minimum Gasteiger partial charge on any atom is -0.351 e. The van der Waals surface area contributed by atoms with Gasteiger partial charge in [0.15, 0.2) is 5.82 Å². The average Bonchev–Trinajstić information content (AvgIpc) is 3.21. The number of benzene rings is 2. The van der Waals surface area contributed by atoms with E-state index in [0.29, 0.717) is 17.2 Å². The first-order valence-corrected chi connectivity index (χ1v) is 8.25. The molecule has 0 spiro atoms. The molecule has 4 aromatic rings. The lowest BCUT2D eigenvalue weighted by molar-refractivity contribution is 0.102. The molecule has 0 saturated heterocycles. The third-order valence-corrected chi connectivity index (χ3v) is 4.33. The van der Waals surface area contributed by atoms with Crippen LogP contribution in [0, 0.1) is 13.8 Å². The van der Waals surface area contributed by atoms with Crippen molar-refractivity contribution in [2.75, 3.05) is 5.32 Å². The number of tetrazole rings is 1. The Labute approximate surface area is 150 Å². The summed E-state index contributed by atoms with van der Waals surface area (Å²) in [6, 6.07) is 13.5. The Morgan fingerprint density at radius 3 is 2.77 bits per heavy atom. The number of carbonyl (C=O) groups is 1. The maximum Gasteiger partial charge on any atom is 0.272 e. The molecule has 0 saturated carbocycles. The summed E-state index contributed by atoms with van der Waals surface area (Å²) in [5, 5.41) is 15.5. The van der Waals surface area contributed by atoms with Crippen molar-refractivity contribution in [1.29, 1.82) is 0 Å². The van der Waals surface area contributed by atoms with E-state index in [1.54, 1.807) is 11.7 Å². The Hall–Kier alpha value is -3.48. The molecule has 0 aliphatic heterocycles. The van der Waals surface area contributed by atoms with Crippen molar-refractivity contribution in [2.45, 2.75) is 13.8 Å². The highest BCUT2D eigenvalue weighted by Crippen LogP contribution is 2.23. The highest BCUT2D eigenvalue weighted by Gasteiger charge is 2.13. The van der Waals surface area contributed by atoms with Gasteiger partial charge in [-0.2, -0.15) is 0 Å². The maximum atomic E-state index is 12.7. The monoisotopic (exact) mass is 346 g/mol. The summed E-state index contributed by atoms with van der Waals surface area (Å²) in [5.41, 5.74) is 5.31. The van der Waals surface area contributed by atoms with Gasteiger partial charge < -0.3 is 10.3 Å². The van der Waals surface area contributed by atoms with Crippen molar-refractivity contribution in [3.63, 3.8) is 0 Å². The SMILES string of the molecule is Cc1cc(C)c2cc(C(=O)Nc3cccc(-c4nnnn4C)c3)[nH]c2c1. The molecule has 7 nitrogen and oxygen atoms in total. The number of hydrogen-bond acceptors (Lipinski definition) is 4. The van der Waals surface area contributed by atoms with E-state index in [-0.39, 0.29) is 5.91 Å². The first kappa shape index (κ1) is 16.0. The molecule has 1 amide bonds. The molecule has 26 heavy (non-hydrogen) atoms. The molecule has 0 bridgehead atoms. The number of nitrogens with one attached hydrogen (secondary N) is 2. The van der Waals surface area contributed by atoms with Crippen LogP contribution >= 0.6 is 0 Å². The number of hydrogen-bond donors (Lipinski definition) is 2. The molecular formula is C19H18N6O. The molecule has 4 rings (SSSR count). The second-order valence-corrected chi connectivity index (χ2v) is 6.39. The van der Waals surface area contributed by atoms with E-state index in [0.717, 1.165) is 27.6 Å². The molecule has 2 N–H and O–H groups in total. The second-order valence-electron chi connectivity index (χ2n) is 6.39. The summed E-state index contributed by atoms with van der Waals surface area (Å²) in [7, 11) is 1.77. The number of aromatic amines is 1. The van der Waals surface area contributed by atoms with Crippen LogP contribution in [0.15, 0.2) is 42.5 Å². The normalized spacial score (nSPS) is 11.0. The predicted molar refractivity (Wildman–Crippen MR) is 100.0 cm³/mol. The Morgan fingerprint density at radius 1 is 1.15 bits per heavy atom. The van der Waals surface area contributed by atoms with Crippen LogP contribution in [-0.4, -0.2) is 31.1 Å². The van der Waals surface area contributed by atoms with Crippen molar-refractivity contribution in [2.24, 2.45) is 7.05 Å². The van der Waals surface area contributed by atoms with Gasteiger partial charge in [0.2, 0.25) is 0 Å². The summed E-state index contributed by atoms with van der Waals surface area (Å²) in [4.78, 5) is 15.9. The number of H-pyrrole nitrogens is 1. The molecular weight excluding hydrogens is 328 g/mol. The Bertz CT molecular complexity index is 1120. The van der Waals surface area contributed by atoms with E-state index >= 15 is 0 Å². The largest absolute Gasteiger partial charge is 0.351 e. The molecule has 2 aromatic carbocycles. The number of aromatic nitrogens is 5. The summed E-state index contributed by atoms with van der Waals surface area (Å²) < 4.78 is 1.59. The van der Waals surface area contributed by atoms with Gasteiger partial charge in [-0.1, -0.05) is 18.2 Å². The van der Waals surface area contributed by atoms with Crippen molar-refractivity contribution >= 4 is 22.5 Å². The van der Waals surface area contributed by atoms with Crippen LogP contribution in [0.2, 0.25) is 0 Å². The Balaban J connectivity index is 1.63. The zero-order valence-corrected chi connectivity index (χ0v) is 14.7. The van der Waals surface area contributed by atoms with Crippen LogP contribution < -0.4 is 5.32 Å². The number of aryl methyl sites for hydroxylation is 3. The van der Waals surface area contributed by atoms with Crippen LogP contribution in [0.4, 0.5) is 5.69 Å². The molecule has 130 valence electrons. The fraction of sp³-hybridized carbons (Fsp3) is 0.158. The summed E-state index contributed by atoms with van der Waals surface area (Å²) in [5.74, 6) is 0.448. The van der Waals surface area contributed by atoms with Gasteiger partial charge in [0.05, 0.1) is 0 Å². The van der Waals surface area contributed by atoms with Crippen molar-refractivity contribution in [3.05, 3.63) is 59.3 Å². The topological polar surface area (TPSA) is 88.5 Å². The number of carbonyl (C=O) groups excluding carboxylic acids is 1. The summed E-state index contributed by atoms with van der Waals surface area (Å²) in [6.45, 7) is 4.09. The zero-order chi connectivity index (χ0) is 18.3. The number of amides is 1. The van der Waals surface area contributed by atoms with Crippen LogP contribution in [0.25, 0.3) is 22.3 Å². The number of nitrogens with zero attached hydrogens (tertiary/aromatic N) is 4. The third kappa shape index (κ3) is 2.83. The minimum atomic E-state index is -0.188. The fourth-order valence-electron chi connectivity index (χ4n) is 3.13. The molecule has 0 aliphatic carbocycles. The fourth-order valence-corrected chi connectivity index (χ4v) is 3.13. The highest BCUT2D eigenvalue weighted by atomic mass is 16.1. The lowest BCUT2D eigenvalue weighted by Gasteiger charge is -2.06. The van der Waals surface area contributed by atoms with Crippen LogP contribution in [0.3, 0.4) is 0 Å². The molecule has 0 radical (unpaired) electrons. The van der Waals surface area contributed by atoms with Gasteiger partial charge >= 0.3 is 0 Å². The van der Waals surface area contributed by atoms with Gasteiger partial charge in [0.25, 0.3) is 5.91 Å². The van der Waals surface area contributed by atoms with E-state index in [1.165, 1.54) is 0 Å². The van der Waals surface area contributed by atoms with Gasteiger partial charge in [-0.05, 0) is 59.7 Å². The van der Waals surface area contributed by atoms with Crippen LogP contribution in [0.1, 0.15) is 21.6 Å². The molecule has 0 fully saturated rings. The number of rotatable bonds is 3. The van der Waals surface area contributed by atoms with Gasteiger partial charge in [-0.15, -0.1) is 5.10 Å². The Morgan fingerprint density at radius 2 is 2.00 bits per heavy atom.